The van der Waals surface area contributed by atoms with Crippen molar-refractivity contribution in [2.24, 2.45) is 5.92 Å². The fourth-order valence-electron chi connectivity index (χ4n) is 5.81. The molecule has 2 N–H and O–H groups in total. The van der Waals surface area contributed by atoms with Gasteiger partial charge in [-0.1, -0.05) is 0 Å². The maximum Gasteiger partial charge on any atom is 0.321 e. The highest BCUT2D eigenvalue weighted by Crippen LogP contribution is 2.42. The molecule has 3 aliphatic heterocycles. The third-order valence-corrected chi connectivity index (χ3v) is 8.13. The van der Waals surface area contributed by atoms with Crippen molar-refractivity contribution in [3.05, 3.63) is 23.3 Å². The highest BCUT2D eigenvalue weighted by molar-refractivity contribution is 5.78. The van der Waals surface area contributed by atoms with Crippen LogP contribution in [-0.4, -0.2) is 92.4 Å². The number of hydrogen-bond donors (Lipinski definition) is 2. The second kappa shape index (κ2) is 10.6. The number of carbonyl (C=O) groups excluding carboxylic acids is 1. The first-order chi connectivity index (χ1) is 18.2. The van der Waals surface area contributed by atoms with Crippen LogP contribution in [-0.2, 0) is 16.8 Å². The van der Waals surface area contributed by atoms with E-state index in [1.54, 1.807) is 0 Å². The Hall–Kier alpha value is -2.99. The molecule has 0 saturated carbocycles. The summed E-state index contributed by atoms with van der Waals surface area (Å²) < 4.78 is 25.3. The van der Waals surface area contributed by atoms with E-state index in [0.29, 0.717) is 31.4 Å². The topological polar surface area (TPSA) is 112 Å². The van der Waals surface area contributed by atoms with Crippen molar-refractivity contribution in [3.8, 4) is 6.01 Å². The molecule has 0 radical (unpaired) electrons. The van der Waals surface area contributed by atoms with Crippen LogP contribution in [0, 0.1) is 11.7 Å². The monoisotopic (exact) mass is 530 g/mol. The Balaban J connectivity index is 1.29. The van der Waals surface area contributed by atoms with Gasteiger partial charge in [-0.25, -0.2) is 14.2 Å². The van der Waals surface area contributed by atoms with Crippen LogP contribution >= 0.6 is 0 Å². The van der Waals surface area contributed by atoms with E-state index in [4.69, 9.17) is 9.47 Å². The summed E-state index contributed by atoms with van der Waals surface area (Å²) in [5.74, 6) is 0.456. The van der Waals surface area contributed by atoms with Crippen molar-refractivity contribution in [3.63, 3.8) is 0 Å². The van der Waals surface area contributed by atoms with Gasteiger partial charge in [-0.05, 0) is 53.4 Å². The average Bonchev–Trinajstić information content (AvgIpc) is 3.41. The molecule has 0 aromatic carbocycles. The maximum atomic E-state index is 14.5. The van der Waals surface area contributed by atoms with Crippen LogP contribution in [0.3, 0.4) is 0 Å². The lowest BCUT2D eigenvalue weighted by molar-refractivity contribution is 0.00882. The minimum Gasteiger partial charge on any atom is -0.464 e. The number of anilines is 2. The number of urea groups is 1. The van der Waals surface area contributed by atoms with Gasteiger partial charge in [0, 0.05) is 50.5 Å². The number of halogens is 1. The predicted molar refractivity (Wildman–Crippen MR) is 140 cm³/mol. The minimum absolute atomic E-state index is 0.00228. The molecule has 0 spiro atoms. The predicted octanol–water partition coefficient (Wildman–Crippen LogP) is 3.47. The van der Waals surface area contributed by atoms with E-state index in [9.17, 15) is 9.18 Å². The summed E-state index contributed by atoms with van der Waals surface area (Å²) in [7, 11) is 0. The Kier molecular flexibility index (Phi) is 7.45. The van der Waals surface area contributed by atoms with E-state index in [1.807, 2.05) is 30.6 Å². The third-order valence-electron chi connectivity index (χ3n) is 8.13. The van der Waals surface area contributed by atoms with Gasteiger partial charge < -0.3 is 24.6 Å². The summed E-state index contributed by atoms with van der Waals surface area (Å²) in [6.07, 6.45) is 3.28. The number of carbonyl (C=O) groups is 1. The largest absolute Gasteiger partial charge is 0.464 e. The van der Waals surface area contributed by atoms with Crippen LogP contribution in [0.4, 0.5) is 20.8 Å². The van der Waals surface area contributed by atoms with Crippen molar-refractivity contribution in [2.75, 3.05) is 44.8 Å². The number of rotatable bonds is 6. The standard InChI is InChI=1S/C26H39FN8O3/c1-6-38-24-28-11-20(27)23(30-24)29-22-19-15-35(26(4,5)21(19)31-32-22)25(36)34-13-16(2)33(12-17(34)3)14-18-7-9-37-10-8-18/h11,16-18H,6-10,12-15H2,1-5H3,(H2,28,29,30,31,32)/t16-,17+/m1/s1. The molecule has 3 aliphatic rings. The number of H-pyrrole nitrogens is 1. The lowest BCUT2D eigenvalue weighted by Crippen LogP contribution is -2.62. The zero-order valence-corrected chi connectivity index (χ0v) is 23.0. The van der Waals surface area contributed by atoms with Gasteiger partial charge in [0.05, 0.1) is 30.6 Å². The number of nitrogens with one attached hydrogen (secondary N) is 2. The summed E-state index contributed by atoms with van der Waals surface area (Å²) in [6, 6.07) is 0.457. The number of piperazine rings is 1. The Bertz CT molecular complexity index is 1150. The van der Waals surface area contributed by atoms with Crippen LogP contribution in [0.1, 0.15) is 58.7 Å². The van der Waals surface area contributed by atoms with Gasteiger partial charge in [0.1, 0.15) is 0 Å². The molecule has 0 aliphatic carbocycles. The second-order valence-electron chi connectivity index (χ2n) is 11.1. The van der Waals surface area contributed by atoms with Crippen molar-refractivity contribution >= 4 is 17.7 Å². The first-order valence-electron chi connectivity index (χ1n) is 13.6. The zero-order valence-electron chi connectivity index (χ0n) is 23.0. The van der Waals surface area contributed by atoms with E-state index in [2.05, 4.69) is 44.2 Å². The number of fused-ring (bicyclic) bond motifs is 1. The molecule has 11 nitrogen and oxygen atoms in total. The van der Waals surface area contributed by atoms with Gasteiger partial charge in [-0.2, -0.15) is 10.1 Å². The number of aromatic amines is 1. The van der Waals surface area contributed by atoms with Crippen LogP contribution in [0.15, 0.2) is 6.20 Å². The van der Waals surface area contributed by atoms with Gasteiger partial charge in [0.2, 0.25) is 0 Å². The minimum atomic E-state index is -0.614. The molecule has 5 rings (SSSR count). The molecule has 2 fully saturated rings. The quantitative estimate of drug-likeness (QED) is 0.584. The van der Waals surface area contributed by atoms with Crippen molar-refractivity contribution in [1.29, 1.82) is 0 Å². The Labute approximate surface area is 223 Å². The van der Waals surface area contributed by atoms with Crippen LogP contribution in [0.5, 0.6) is 6.01 Å². The molecule has 0 unspecified atom stereocenters. The molecule has 2 aromatic heterocycles. The number of hydrogen-bond acceptors (Lipinski definition) is 8. The van der Waals surface area contributed by atoms with Gasteiger partial charge in [0.15, 0.2) is 17.5 Å². The SMILES string of the molecule is CCOc1ncc(F)c(Nc2n[nH]c3c2CN(C(=O)N2C[C@@H](C)N(CC4CCOCC4)C[C@@H]2C)C3(C)C)n1. The first kappa shape index (κ1) is 26.6. The molecular weight excluding hydrogens is 491 g/mol. The van der Waals surface area contributed by atoms with Crippen LogP contribution in [0.25, 0.3) is 0 Å². The summed E-state index contributed by atoms with van der Waals surface area (Å²) >= 11 is 0. The average molecular weight is 531 g/mol. The molecule has 2 atom stereocenters. The van der Waals surface area contributed by atoms with Crippen LogP contribution < -0.4 is 10.1 Å². The zero-order chi connectivity index (χ0) is 27.0. The maximum absolute atomic E-state index is 14.5. The highest BCUT2D eigenvalue weighted by atomic mass is 19.1. The Morgan fingerprint density at radius 1 is 1.24 bits per heavy atom. The molecule has 2 amide bonds. The molecule has 12 heteroatoms. The van der Waals surface area contributed by atoms with E-state index < -0.39 is 11.4 Å². The Morgan fingerprint density at radius 3 is 2.74 bits per heavy atom. The fraction of sp³-hybridized carbons (Fsp3) is 0.692. The lowest BCUT2D eigenvalue weighted by Gasteiger charge is -2.47. The molecule has 38 heavy (non-hydrogen) atoms. The van der Waals surface area contributed by atoms with E-state index in [1.165, 1.54) is 0 Å². The summed E-state index contributed by atoms with van der Waals surface area (Å²) in [5, 5.41) is 10.4. The number of nitrogens with zero attached hydrogens (tertiary/aromatic N) is 6. The third kappa shape index (κ3) is 5.03. The molecule has 0 bridgehead atoms. The van der Waals surface area contributed by atoms with Gasteiger partial charge >= 0.3 is 12.0 Å². The van der Waals surface area contributed by atoms with Crippen molar-refractivity contribution < 1.29 is 18.7 Å². The van der Waals surface area contributed by atoms with Gasteiger partial charge in [0.25, 0.3) is 0 Å². The lowest BCUT2D eigenvalue weighted by atomic mass is 9.97. The van der Waals surface area contributed by atoms with Crippen LogP contribution in [0.2, 0.25) is 0 Å². The second-order valence-corrected chi connectivity index (χ2v) is 11.1. The summed E-state index contributed by atoms with van der Waals surface area (Å²) in [6.45, 7) is 15.2. The highest BCUT2D eigenvalue weighted by Gasteiger charge is 2.47. The molecule has 5 heterocycles. The summed E-state index contributed by atoms with van der Waals surface area (Å²) in [4.78, 5) is 28.3. The van der Waals surface area contributed by atoms with E-state index in [-0.39, 0.29) is 29.9 Å². The molecule has 2 aromatic rings. The Morgan fingerprint density at radius 2 is 2.00 bits per heavy atom. The number of ether oxygens (including phenoxy) is 2. The van der Waals surface area contributed by atoms with Gasteiger partial charge in [-0.15, -0.1) is 0 Å². The normalized spacial score (nSPS) is 23.9. The van der Waals surface area contributed by atoms with Crippen molar-refractivity contribution in [1.82, 2.24) is 34.9 Å². The van der Waals surface area contributed by atoms with E-state index >= 15 is 0 Å². The number of amides is 2. The van der Waals surface area contributed by atoms with E-state index in [0.717, 1.165) is 56.6 Å². The first-order valence-corrected chi connectivity index (χ1v) is 13.6. The number of aromatic nitrogens is 4. The van der Waals surface area contributed by atoms with Crippen molar-refractivity contribution in [2.45, 2.75) is 71.6 Å². The van der Waals surface area contributed by atoms with Gasteiger partial charge in [-0.3, -0.25) is 10.00 Å². The smallest absolute Gasteiger partial charge is 0.321 e. The molecule has 2 saturated heterocycles. The molecular formula is C26H39FN8O3. The summed E-state index contributed by atoms with van der Waals surface area (Å²) in [5.41, 5.74) is 1.03. The fourth-order valence-corrected chi connectivity index (χ4v) is 5.81. The molecule has 208 valence electrons.